The maximum absolute atomic E-state index is 11.5. The minimum Gasteiger partial charge on any atom is -0.292 e. The number of rotatable bonds is 0. The van der Waals surface area contributed by atoms with E-state index in [1.807, 2.05) is 0 Å². The number of aromatic nitrogens is 2. The predicted octanol–water partition coefficient (Wildman–Crippen LogP) is 0.599. The fraction of sp³-hybridized carbons (Fsp3) is 0.200. The third-order valence-corrected chi connectivity index (χ3v) is 2.66. The van der Waals surface area contributed by atoms with Gasteiger partial charge in [-0.2, -0.15) is 0 Å². The lowest BCUT2D eigenvalue weighted by atomic mass is 10.3. The summed E-state index contributed by atoms with van der Waals surface area (Å²) in [6.07, 6.45) is 0. The summed E-state index contributed by atoms with van der Waals surface area (Å²) in [5.74, 6) is 0. The number of hydrogen-bond acceptors (Lipinski definition) is 2. The smallest absolute Gasteiger partial charge is 0.252 e. The van der Waals surface area contributed by atoms with E-state index in [9.17, 15) is 9.59 Å². The average molecular weight is 225 g/mol. The van der Waals surface area contributed by atoms with E-state index in [-0.39, 0.29) is 23.5 Å². The van der Waals surface area contributed by atoms with Gasteiger partial charge >= 0.3 is 0 Å². The largest absolute Gasteiger partial charge is 0.292 e. The summed E-state index contributed by atoms with van der Waals surface area (Å²) in [6, 6.07) is 6.61. The van der Waals surface area contributed by atoms with Gasteiger partial charge in [-0.3, -0.25) is 18.7 Å². The Morgan fingerprint density at radius 3 is 1.80 bits per heavy atom. The number of aryl methyl sites for hydroxylation is 2. The van der Waals surface area contributed by atoms with Crippen molar-refractivity contribution >= 4 is 23.4 Å². The van der Waals surface area contributed by atoms with Crippen LogP contribution in [0.15, 0.2) is 33.9 Å². The Labute approximate surface area is 91.2 Å². The standard InChI is InChI=1S/C10H8N2O2.ClH/c13-8-3-1-7-2-4-9(14)12-6-5-11(8)10(7)12;/h1-4H,5-6H2;1H. The molecule has 0 unspecified atom stereocenters. The molecule has 0 spiro atoms. The zero-order valence-electron chi connectivity index (χ0n) is 7.84. The Hall–Kier alpha value is -1.55. The van der Waals surface area contributed by atoms with E-state index in [0.29, 0.717) is 13.1 Å². The summed E-state index contributed by atoms with van der Waals surface area (Å²) < 4.78 is 3.30. The van der Waals surface area contributed by atoms with Gasteiger partial charge in [0.1, 0.15) is 5.65 Å². The first kappa shape index (κ1) is 9.98. The van der Waals surface area contributed by atoms with Gasteiger partial charge in [0.15, 0.2) is 0 Å². The van der Waals surface area contributed by atoms with Gasteiger partial charge in [0.25, 0.3) is 11.1 Å². The highest BCUT2D eigenvalue weighted by molar-refractivity contribution is 5.85. The fourth-order valence-electron chi connectivity index (χ4n) is 2.01. The van der Waals surface area contributed by atoms with Crippen LogP contribution in [0.1, 0.15) is 0 Å². The Morgan fingerprint density at radius 2 is 1.33 bits per heavy atom. The molecule has 3 heterocycles. The van der Waals surface area contributed by atoms with E-state index >= 15 is 0 Å². The first-order valence-electron chi connectivity index (χ1n) is 4.51. The van der Waals surface area contributed by atoms with Crippen molar-refractivity contribution in [3.63, 3.8) is 0 Å². The van der Waals surface area contributed by atoms with Gasteiger partial charge in [0, 0.05) is 30.6 Å². The third kappa shape index (κ3) is 1.22. The van der Waals surface area contributed by atoms with Crippen LogP contribution in [0, 0.1) is 0 Å². The van der Waals surface area contributed by atoms with Gasteiger partial charge in [-0.25, -0.2) is 0 Å². The molecule has 0 bridgehead atoms. The number of nitrogens with zero attached hydrogens (tertiary/aromatic N) is 2. The highest BCUT2D eigenvalue weighted by atomic mass is 35.5. The molecule has 0 amide bonds. The zero-order chi connectivity index (χ0) is 9.71. The second-order valence-electron chi connectivity index (χ2n) is 3.43. The Balaban J connectivity index is 0.000000853. The SMILES string of the molecule is Cl.O=c1ccc2ccc(=O)n3c2n1CC3. The second-order valence-corrected chi connectivity index (χ2v) is 3.43. The molecule has 4 nitrogen and oxygen atoms in total. The minimum absolute atomic E-state index is 0. The van der Waals surface area contributed by atoms with Crippen molar-refractivity contribution < 1.29 is 0 Å². The van der Waals surface area contributed by atoms with Crippen LogP contribution in [0.25, 0.3) is 11.0 Å². The van der Waals surface area contributed by atoms with Crippen molar-refractivity contribution in [2.45, 2.75) is 13.1 Å². The van der Waals surface area contributed by atoms with Crippen molar-refractivity contribution in [2.24, 2.45) is 0 Å². The minimum atomic E-state index is -0.0330. The molecule has 0 atom stereocenters. The number of hydrogen-bond donors (Lipinski definition) is 0. The highest BCUT2D eigenvalue weighted by Crippen LogP contribution is 2.13. The summed E-state index contributed by atoms with van der Waals surface area (Å²) >= 11 is 0. The quantitative estimate of drug-likeness (QED) is 0.658. The Bertz CT molecular complexity index is 589. The van der Waals surface area contributed by atoms with Crippen LogP contribution in [-0.2, 0) is 13.1 Å². The van der Waals surface area contributed by atoms with Gasteiger partial charge in [0.2, 0.25) is 0 Å². The first-order chi connectivity index (χ1) is 6.77. The zero-order valence-corrected chi connectivity index (χ0v) is 8.66. The van der Waals surface area contributed by atoms with Crippen LogP contribution in [0.5, 0.6) is 0 Å². The lowest BCUT2D eigenvalue weighted by Gasteiger charge is -2.02. The van der Waals surface area contributed by atoms with Gasteiger partial charge in [-0.05, 0) is 12.1 Å². The van der Waals surface area contributed by atoms with E-state index < -0.39 is 0 Å². The van der Waals surface area contributed by atoms with Gasteiger partial charge in [-0.1, -0.05) is 0 Å². The monoisotopic (exact) mass is 224 g/mol. The van der Waals surface area contributed by atoms with Gasteiger partial charge in [0.05, 0.1) is 0 Å². The Morgan fingerprint density at radius 1 is 0.867 bits per heavy atom. The summed E-state index contributed by atoms with van der Waals surface area (Å²) in [6.45, 7) is 1.21. The van der Waals surface area contributed by atoms with E-state index in [1.165, 1.54) is 0 Å². The molecule has 0 aromatic carbocycles. The fourth-order valence-corrected chi connectivity index (χ4v) is 2.01. The average Bonchev–Trinajstić information content (AvgIpc) is 2.62. The molecule has 2 aromatic heterocycles. The van der Waals surface area contributed by atoms with Crippen LogP contribution in [0.3, 0.4) is 0 Å². The molecule has 1 aliphatic rings. The molecular formula is C10H9ClN2O2. The van der Waals surface area contributed by atoms with Crippen LogP contribution >= 0.6 is 12.4 Å². The number of pyridine rings is 2. The van der Waals surface area contributed by atoms with Crippen LogP contribution in [-0.4, -0.2) is 9.13 Å². The summed E-state index contributed by atoms with van der Waals surface area (Å²) in [5, 5.41) is 0.946. The summed E-state index contributed by atoms with van der Waals surface area (Å²) in [5.41, 5.74) is 0.689. The van der Waals surface area contributed by atoms with Gasteiger partial charge in [-0.15, -0.1) is 12.4 Å². The highest BCUT2D eigenvalue weighted by Gasteiger charge is 2.14. The molecule has 0 aliphatic carbocycles. The number of halogens is 1. The van der Waals surface area contributed by atoms with E-state index in [1.54, 1.807) is 33.4 Å². The molecule has 5 heteroatoms. The molecule has 0 N–H and O–H groups in total. The second kappa shape index (κ2) is 3.24. The molecule has 0 fully saturated rings. The predicted molar refractivity (Wildman–Crippen MR) is 59.7 cm³/mol. The molecule has 0 radical (unpaired) electrons. The Kier molecular flexibility index (Phi) is 2.16. The van der Waals surface area contributed by atoms with E-state index in [0.717, 1.165) is 11.0 Å². The molecular weight excluding hydrogens is 216 g/mol. The normalized spacial score (nSPS) is 12.8. The van der Waals surface area contributed by atoms with Crippen LogP contribution < -0.4 is 11.1 Å². The topological polar surface area (TPSA) is 44.0 Å². The first-order valence-corrected chi connectivity index (χ1v) is 4.51. The van der Waals surface area contributed by atoms with Crippen LogP contribution in [0.2, 0.25) is 0 Å². The molecule has 2 aromatic rings. The van der Waals surface area contributed by atoms with Crippen molar-refractivity contribution in [3.05, 3.63) is 45.0 Å². The molecule has 3 rings (SSSR count). The van der Waals surface area contributed by atoms with Crippen molar-refractivity contribution in [2.75, 3.05) is 0 Å². The molecule has 78 valence electrons. The maximum Gasteiger partial charge on any atom is 0.252 e. The van der Waals surface area contributed by atoms with Gasteiger partial charge < -0.3 is 0 Å². The van der Waals surface area contributed by atoms with Crippen molar-refractivity contribution in [1.82, 2.24) is 9.13 Å². The third-order valence-electron chi connectivity index (χ3n) is 2.66. The molecule has 15 heavy (non-hydrogen) atoms. The van der Waals surface area contributed by atoms with E-state index in [2.05, 4.69) is 0 Å². The maximum atomic E-state index is 11.5. The van der Waals surface area contributed by atoms with Crippen LogP contribution in [0.4, 0.5) is 0 Å². The van der Waals surface area contributed by atoms with Crippen molar-refractivity contribution in [3.8, 4) is 0 Å². The molecule has 0 saturated carbocycles. The lowest BCUT2D eigenvalue weighted by molar-refractivity contribution is 0.661. The van der Waals surface area contributed by atoms with E-state index in [4.69, 9.17) is 0 Å². The summed E-state index contributed by atoms with van der Waals surface area (Å²) in [7, 11) is 0. The van der Waals surface area contributed by atoms with Crippen molar-refractivity contribution in [1.29, 1.82) is 0 Å². The molecule has 1 aliphatic heterocycles. The molecule has 0 saturated heterocycles. The lowest BCUT2D eigenvalue weighted by Crippen LogP contribution is -2.18. The summed E-state index contributed by atoms with van der Waals surface area (Å²) in [4.78, 5) is 22.9.